The highest BCUT2D eigenvalue weighted by molar-refractivity contribution is 5.89. The maximum atomic E-state index is 12.0. The number of aliphatic hydroxyl groups excluding tert-OH is 1. The second-order valence-corrected chi connectivity index (χ2v) is 4.75. The first-order valence-electron chi connectivity index (χ1n) is 5.79. The third-order valence-corrected chi connectivity index (χ3v) is 1.98. The minimum absolute atomic E-state index is 0.133. The molecule has 0 aliphatic heterocycles. The molecule has 1 aromatic rings. The van der Waals surface area contributed by atoms with E-state index in [1.165, 1.54) is 17.2 Å². The molecule has 98 valence electrons. The van der Waals surface area contributed by atoms with Crippen molar-refractivity contribution >= 4 is 11.8 Å². The summed E-state index contributed by atoms with van der Waals surface area (Å²) >= 11 is 0. The molecule has 1 rings (SSSR count). The van der Waals surface area contributed by atoms with E-state index in [4.69, 9.17) is 9.84 Å². The number of anilines is 1. The molecule has 0 saturated heterocycles. The smallest absolute Gasteiger partial charge is 0.418 e. The van der Waals surface area contributed by atoms with Gasteiger partial charge in [-0.1, -0.05) is 18.2 Å². The topological polar surface area (TPSA) is 49.8 Å². The monoisotopic (exact) mass is 249 g/mol. The number of hydrogen-bond acceptors (Lipinski definition) is 3. The van der Waals surface area contributed by atoms with Crippen molar-refractivity contribution in [3.63, 3.8) is 0 Å². The van der Waals surface area contributed by atoms with Gasteiger partial charge in [-0.3, -0.25) is 4.90 Å². The lowest BCUT2D eigenvalue weighted by atomic mass is 10.2. The summed E-state index contributed by atoms with van der Waals surface area (Å²) in [7, 11) is 0. The van der Waals surface area contributed by atoms with Crippen molar-refractivity contribution in [2.75, 3.05) is 11.5 Å². The molecule has 0 aromatic heterocycles. The van der Waals surface area contributed by atoms with Gasteiger partial charge in [-0.05, 0) is 39.0 Å². The predicted molar refractivity (Wildman–Crippen MR) is 71.4 cm³/mol. The maximum absolute atomic E-state index is 12.0. The summed E-state index contributed by atoms with van der Waals surface area (Å²) in [5, 5.41) is 8.81. The lowest BCUT2D eigenvalue weighted by Crippen LogP contribution is -2.33. The van der Waals surface area contributed by atoms with Gasteiger partial charge in [0, 0.05) is 6.20 Å². The molecule has 0 unspecified atom stereocenters. The molecular weight excluding hydrogens is 230 g/mol. The molecule has 4 nitrogen and oxygen atoms in total. The Bertz CT molecular complexity index is 407. The molecule has 0 aliphatic rings. The van der Waals surface area contributed by atoms with Crippen LogP contribution in [0.2, 0.25) is 0 Å². The summed E-state index contributed by atoms with van der Waals surface area (Å²) in [6, 6.07) is 9.13. The average molecular weight is 249 g/mol. The van der Waals surface area contributed by atoms with E-state index in [2.05, 4.69) is 0 Å². The Balaban J connectivity index is 2.92. The van der Waals surface area contributed by atoms with E-state index >= 15 is 0 Å². The van der Waals surface area contributed by atoms with Gasteiger partial charge in [0.05, 0.1) is 12.3 Å². The average Bonchev–Trinajstić information content (AvgIpc) is 2.28. The van der Waals surface area contributed by atoms with E-state index in [9.17, 15) is 4.79 Å². The first-order chi connectivity index (χ1) is 8.44. The minimum Gasteiger partial charge on any atom is -0.443 e. The van der Waals surface area contributed by atoms with Crippen molar-refractivity contribution in [2.24, 2.45) is 0 Å². The highest BCUT2D eigenvalue weighted by Crippen LogP contribution is 2.18. The van der Waals surface area contributed by atoms with E-state index in [0.717, 1.165) is 0 Å². The van der Waals surface area contributed by atoms with Gasteiger partial charge in [0.25, 0.3) is 0 Å². The second kappa shape index (κ2) is 6.21. The van der Waals surface area contributed by atoms with Crippen LogP contribution in [0.5, 0.6) is 0 Å². The quantitative estimate of drug-likeness (QED) is 0.896. The molecule has 0 atom stereocenters. The Hall–Kier alpha value is -1.81. The van der Waals surface area contributed by atoms with Gasteiger partial charge in [0.1, 0.15) is 5.60 Å². The van der Waals surface area contributed by atoms with E-state index in [-0.39, 0.29) is 6.61 Å². The Morgan fingerprint density at radius 3 is 2.44 bits per heavy atom. The summed E-state index contributed by atoms with van der Waals surface area (Å²) in [5.74, 6) is 0. The van der Waals surface area contributed by atoms with Gasteiger partial charge in [0.15, 0.2) is 0 Å². The number of rotatable bonds is 3. The fraction of sp³-hybridized carbons (Fsp3) is 0.357. The molecule has 4 heteroatoms. The van der Waals surface area contributed by atoms with Gasteiger partial charge in [0.2, 0.25) is 0 Å². The van der Waals surface area contributed by atoms with Crippen molar-refractivity contribution in [1.29, 1.82) is 0 Å². The molecule has 0 saturated carbocycles. The molecule has 0 fully saturated rings. The highest BCUT2D eigenvalue weighted by Gasteiger charge is 2.21. The fourth-order valence-electron chi connectivity index (χ4n) is 1.30. The van der Waals surface area contributed by atoms with Crippen LogP contribution in [-0.4, -0.2) is 23.4 Å². The number of para-hydroxylation sites is 1. The van der Waals surface area contributed by atoms with Gasteiger partial charge in [-0.25, -0.2) is 4.79 Å². The first kappa shape index (κ1) is 14.3. The largest absolute Gasteiger partial charge is 0.443 e. The van der Waals surface area contributed by atoms with Gasteiger partial charge < -0.3 is 9.84 Å². The second-order valence-electron chi connectivity index (χ2n) is 4.75. The van der Waals surface area contributed by atoms with Gasteiger partial charge >= 0.3 is 6.09 Å². The van der Waals surface area contributed by atoms with Crippen molar-refractivity contribution in [3.05, 3.63) is 42.6 Å². The molecule has 0 heterocycles. The Labute approximate surface area is 107 Å². The summed E-state index contributed by atoms with van der Waals surface area (Å²) in [5.41, 5.74) is 0.133. The normalized spacial score (nSPS) is 11.6. The minimum atomic E-state index is -0.558. The van der Waals surface area contributed by atoms with E-state index in [1.807, 2.05) is 39.0 Å². The third kappa shape index (κ3) is 4.59. The lowest BCUT2D eigenvalue weighted by Gasteiger charge is -2.25. The van der Waals surface area contributed by atoms with Crippen LogP contribution < -0.4 is 4.90 Å². The number of carbonyl (C=O) groups is 1. The van der Waals surface area contributed by atoms with Crippen LogP contribution >= 0.6 is 0 Å². The van der Waals surface area contributed by atoms with Crippen molar-refractivity contribution < 1.29 is 14.6 Å². The zero-order chi connectivity index (χ0) is 13.6. The number of carbonyl (C=O) groups excluding carboxylic acids is 1. The molecule has 0 aliphatic carbocycles. The predicted octanol–water partition coefficient (Wildman–Crippen LogP) is 2.93. The van der Waals surface area contributed by atoms with Crippen LogP contribution in [0, 0.1) is 0 Å². The summed E-state index contributed by atoms with van der Waals surface area (Å²) < 4.78 is 5.31. The number of ether oxygens (including phenoxy) is 1. The molecule has 1 amide bonds. The number of hydrogen-bond donors (Lipinski definition) is 1. The van der Waals surface area contributed by atoms with Crippen LogP contribution in [0.25, 0.3) is 0 Å². The lowest BCUT2D eigenvalue weighted by molar-refractivity contribution is 0.0596. The highest BCUT2D eigenvalue weighted by atomic mass is 16.6. The SMILES string of the molecule is CC(C)(C)OC(=O)N(/C=C\CO)c1ccccc1. The Morgan fingerprint density at radius 1 is 1.33 bits per heavy atom. The van der Waals surface area contributed by atoms with E-state index in [1.54, 1.807) is 12.1 Å². The molecular formula is C14H19NO3. The van der Waals surface area contributed by atoms with Crippen molar-refractivity contribution in [3.8, 4) is 0 Å². The number of nitrogens with zero attached hydrogens (tertiary/aromatic N) is 1. The van der Waals surface area contributed by atoms with Crippen LogP contribution in [0.1, 0.15) is 20.8 Å². The van der Waals surface area contributed by atoms with E-state index < -0.39 is 11.7 Å². The van der Waals surface area contributed by atoms with Crippen LogP contribution in [0.3, 0.4) is 0 Å². The van der Waals surface area contributed by atoms with Crippen LogP contribution in [0.15, 0.2) is 42.6 Å². The third-order valence-electron chi connectivity index (χ3n) is 1.98. The Morgan fingerprint density at radius 2 is 1.94 bits per heavy atom. The molecule has 0 radical (unpaired) electrons. The molecule has 0 spiro atoms. The van der Waals surface area contributed by atoms with Crippen LogP contribution in [-0.2, 0) is 4.74 Å². The van der Waals surface area contributed by atoms with E-state index in [0.29, 0.717) is 5.69 Å². The molecule has 0 bridgehead atoms. The Kier molecular flexibility index (Phi) is 4.92. The standard InChI is InChI=1S/C14H19NO3/c1-14(2,3)18-13(17)15(10-7-11-16)12-8-5-4-6-9-12/h4-10,16H,11H2,1-3H3/b10-7-. The zero-order valence-electron chi connectivity index (χ0n) is 11.0. The fourth-order valence-corrected chi connectivity index (χ4v) is 1.30. The first-order valence-corrected chi connectivity index (χ1v) is 5.79. The molecule has 18 heavy (non-hydrogen) atoms. The summed E-state index contributed by atoms with van der Waals surface area (Å²) in [6.07, 6.45) is 2.51. The zero-order valence-corrected chi connectivity index (χ0v) is 11.0. The number of aliphatic hydroxyl groups is 1. The van der Waals surface area contributed by atoms with Crippen molar-refractivity contribution in [2.45, 2.75) is 26.4 Å². The number of amides is 1. The number of benzene rings is 1. The van der Waals surface area contributed by atoms with Gasteiger partial charge in [-0.15, -0.1) is 0 Å². The summed E-state index contributed by atoms with van der Waals surface area (Å²) in [4.78, 5) is 13.4. The molecule has 1 N–H and O–H groups in total. The van der Waals surface area contributed by atoms with Crippen LogP contribution in [0.4, 0.5) is 10.5 Å². The van der Waals surface area contributed by atoms with Gasteiger partial charge in [-0.2, -0.15) is 0 Å². The molecule has 1 aromatic carbocycles. The van der Waals surface area contributed by atoms with Crippen molar-refractivity contribution in [1.82, 2.24) is 0 Å². The summed E-state index contributed by atoms with van der Waals surface area (Å²) in [6.45, 7) is 5.30. The maximum Gasteiger partial charge on any atom is 0.418 e.